The monoisotopic (exact) mass is 392 g/mol. The SMILES string of the molecule is Cc1c(-c2ccc(OC3CCN(C(=O)NC(C)C)CC3)cc2)ccc2nccn12. The number of hydrogen-bond donors (Lipinski definition) is 1. The van der Waals surface area contributed by atoms with Crippen LogP contribution in [0.15, 0.2) is 48.8 Å². The molecule has 29 heavy (non-hydrogen) atoms. The number of urea groups is 1. The zero-order valence-electron chi connectivity index (χ0n) is 17.3. The van der Waals surface area contributed by atoms with Crippen LogP contribution in [0.3, 0.4) is 0 Å². The molecule has 0 unspecified atom stereocenters. The Labute approximate surface area is 171 Å². The lowest BCUT2D eigenvalue weighted by molar-refractivity contribution is 0.110. The lowest BCUT2D eigenvalue weighted by Gasteiger charge is -2.32. The first-order valence-corrected chi connectivity index (χ1v) is 10.3. The minimum atomic E-state index is 0.0213. The highest BCUT2D eigenvalue weighted by atomic mass is 16.5. The molecule has 0 atom stereocenters. The summed E-state index contributed by atoms with van der Waals surface area (Å²) in [5, 5.41) is 2.95. The molecule has 1 N–H and O–H groups in total. The van der Waals surface area contributed by atoms with Crippen molar-refractivity contribution in [2.45, 2.75) is 45.8 Å². The molecule has 3 aromatic rings. The van der Waals surface area contributed by atoms with Crippen molar-refractivity contribution in [3.8, 4) is 16.9 Å². The molecule has 3 heterocycles. The fourth-order valence-corrected chi connectivity index (χ4v) is 3.86. The summed E-state index contributed by atoms with van der Waals surface area (Å²) in [6.45, 7) is 7.52. The number of rotatable bonds is 4. The van der Waals surface area contributed by atoms with E-state index >= 15 is 0 Å². The van der Waals surface area contributed by atoms with Gasteiger partial charge >= 0.3 is 6.03 Å². The second-order valence-corrected chi connectivity index (χ2v) is 7.92. The van der Waals surface area contributed by atoms with Crippen molar-refractivity contribution < 1.29 is 9.53 Å². The fraction of sp³-hybridized carbons (Fsp3) is 0.391. The van der Waals surface area contributed by atoms with Gasteiger partial charge in [0.05, 0.1) is 0 Å². The van der Waals surface area contributed by atoms with Gasteiger partial charge in [0.2, 0.25) is 0 Å². The number of aromatic nitrogens is 2. The zero-order valence-corrected chi connectivity index (χ0v) is 17.3. The van der Waals surface area contributed by atoms with Crippen LogP contribution in [0.4, 0.5) is 4.79 Å². The van der Waals surface area contributed by atoms with E-state index in [4.69, 9.17) is 4.74 Å². The maximum Gasteiger partial charge on any atom is 0.317 e. The van der Waals surface area contributed by atoms with Crippen LogP contribution in [0, 0.1) is 6.92 Å². The number of piperidine rings is 1. The second kappa shape index (κ2) is 8.15. The molecule has 2 amide bonds. The molecular weight excluding hydrogens is 364 g/mol. The highest BCUT2D eigenvalue weighted by molar-refractivity contribution is 5.74. The quantitative estimate of drug-likeness (QED) is 0.721. The predicted octanol–water partition coefficient (Wildman–Crippen LogP) is 4.27. The van der Waals surface area contributed by atoms with Crippen LogP contribution in [0.5, 0.6) is 5.75 Å². The molecule has 1 aromatic carbocycles. The van der Waals surface area contributed by atoms with E-state index in [2.05, 4.69) is 39.8 Å². The third-order valence-corrected chi connectivity index (χ3v) is 5.43. The summed E-state index contributed by atoms with van der Waals surface area (Å²) >= 11 is 0. The maximum absolute atomic E-state index is 12.1. The Bertz CT molecular complexity index is 986. The van der Waals surface area contributed by atoms with Gasteiger partial charge in [-0.25, -0.2) is 9.78 Å². The Morgan fingerprint density at radius 3 is 2.55 bits per heavy atom. The number of likely N-dealkylation sites (tertiary alicyclic amines) is 1. The molecule has 0 bridgehead atoms. The van der Waals surface area contributed by atoms with Crippen LogP contribution in [-0.2, 0) is 0 Å². The van der Waals surface area contributed by atoms with E-state index < -0.39 is 0 Å². The van der Waals surface area contributed by atoms with Gasteiger partial charge in [-0.2, -0.15) is 0 Å². The largest absolute Gasteiger partial charge is 0.490 e. The van der Waals surface area contributed by atoms with E-state index in [1.165, 1.54) is 11.3 Å². The molecular formula is C23H28N4O2. The van der Waals surface area contributed by atoms with Gasteiger partial charge in [-0.05, 0) is 50.6 Å². The van der Waals surface area contributed by atoms with E-state index in [1.54, 1.807) is 0 Å². The highest BCUT2D eigenvalue weighted by Crippen LogP contribution is 2.27. The molecule has 152 valence electrons. The van der Waals surface area contributed by atoms with Crippen molar-refractivity contribution in [1.82, 2.24) is 19.6 Å². The average molecular weight is 393 g/mol. The van der Waals surface area contributed by atoms with Crippen LogP contribution in [-0.4, -0.2) is 45.6 Å². The summed E-state index contributed by atoms with van der Waals surface area (Å²) in [5.41, 5.74) is 4.47. The molecule has 6 nitrogen and oxygen atoms in total. The molecule has 0 spiro atoms. The first kappa shape index (κ1) is 19.3. The van der Waals surface area contributed by atoms with Gasteiger partial charge in [-0.15, -0.1) is 0 Å². The first-order chi connectivity index (χ1) is 14.0. The smallest absolute Gasteiger partial charge is 0.317 e. The van der Waals surface area contributed by atoms with Gasteiger partial charge in [0.25, 0.3) is 0 Å². The average Bonchev–Trinajstić information content (AvgIpc) is 3.19. The standard InChI is InChI=1S/C23H28N4O2/c1-16(2)25-23(28)26-13-10-20(11-14-26)29-19-6-4-18(5-7-19)21-8-9-22-24-12-15-27(22)17(21)3/h4-9,12,15-16,20H,10-11,13-14H2,1-3H3,(H,25,28). The molecule has 1 aliphatic rings. The topological polar surface area (TPSA) is 58.9 Å². The van der Waals surface area contributed by atoms with E-state index in [9.17, 15) is 4.79 Å². The zero-order chi connectivity index (χ0) is 20.4. The van der Waals surface area contributed by atoms with Crippen LogP contribution in [0.2, 0.25) is 0 Å². The Balaban J connectivity index is 1.38. The predicted molar refractivity (Wildman–Crippen MR) is 114 cm³/mol. The van der Waals surface area contributed by atoms with E-state index in [1.807, 2.05) is 49.3 Å². The highest BCUT2D eigenvalue weighted by Gasteiger charge is 2.24. The number of aryl methyl sites for hydroxylation is 1. The lowest BCUT2D eigenvalue weighted by Crippen LogP contribution is -2.48. The van der Waals surface area contributed by atoms with E-state index in [0.717, 1.165) is 42.9 Å². The number of ether oxygens (including phenoxy) is 1. The third kappa shape index (κ3) is 4.21. The molecule has 0 radical (unpaired) electrons. The van der Waals surface area contributed by atoms with Gasteiger partial charge in [-0.3, -0.25) is 0 Å². The molecule has 4 rings (SSSR count). The number of nitrogens with zero attached hydrogens (tertiary/aromatic N) is 3. The van der Waals surface area contributed by atoms with Crippen molar-refractivity contribution in [3.05, 3.63) is 54.5 Å². The van der Waals surface area contributed by atoms with Gasteiger partial charge in [-0.1, -0.05) is 12.1 Å². The Morgan fingerprint density at radius 2 is 1.86 bits per heavy atom. The van der Waals surface area contributed by atoms with Crippen LogP contribution in [0.25, 0.3) is 16.8 Å². The van der Waals surface area contributed by atoms with Crippen molar-refractivity contribution in [2.75, 3.05) is 13.1 Å². The van der Waals surface area contributed by atoms with Gasteiger partial charge in [0.15, 0.2) is 0 Å². The number of nitrogens with one attached hydrogen (secondary N) is 1. The lowest BCUT2D eigenvalue weighted by atomic mass is 10.0. The van der Waals surface area contributed by atoms with Crippen LogP contribution < -0.4 is 10.1 Å². The fourth-order valence-electron chi connectivity index (χ4n) is 3.86. The summed E-state index contributed by atoms with van der Waals surface area (Å²) in [5.74, 6) is 0.875. The maximum atomic E-state index is 12.1. The van der Waals surface area contributed by atoms with Crippen molar-refractivity contribution in [2.24, 2.45) is 0 Å². The summed E-state index contributed by atoms with van der Waals surface area (Å²) in [7, 11) is 0. The van der Waals surface area contributed by atoms with Crippen molar-refractivity contribution in [3.63, 3.8) is 0 Å². The second-order valence-electron chi connectivity index (χ2n) is 7.92. The number of hydrogen-bond acceptors (Lipinski definition) is 3. The molecule has 0 aliphatic carbocycles. The van der Waals surface area contributed by atoms with E-state index in [0.29, 0.717) is 0 Å². The molecule has 1 fully saturated rings. The number of imidazole rings is 1. The summed E-state index contributed by atoms with van der Waals surface area (Å²) in [6.07, 6.45) is 5.65. The Morgan fingerprint density at radius 1 is 1.14 bits per heavy atom. The number of amides is 2. The third-order valence-electron chi connectivity index (χ3n) is 5.43. The summed E-state index contributed by atoms with van der Waals surface area (Å²) in [6, 6.07) is 12.6. The molecule has 6 heteroatoms. The van der Waals surface area contributed by atoms with Crippen LogP contribution in [0.1, 0.15) is 32.4 Å². The van der Waals surface area contributed by atoms with Crippen molar-refractivity contribution >= 4 is 11.7 Å². The van der Waals surface area contributed by atoms with Crippen molar-refractivity contribution in [1.29, 1.82) is 0 Å². The van der Waals surface area contributed by atoms with Crippen LogP contribution >= 0.6 is 0 Å². The molecule has 1 aliphatic heterocycles. The molecule has 2 aromatic heterocycles. The number of carbonyl (C=O) groups excluding carboxylic acids is 1. The first-order valence-electron chi connectivity index (χ1n) is 10.3. The summed E-state index contributed by atoms with van der Waals surface area (Å²) < 4.78 is 8.27. The van der Waals surface area contributed by atoms with Gasteiger partial charge in [0, 0.05) is 55.6 Å². The van der Waals surface area contributed by atoms with E-state index in [-0.39, 0.29) is 18.2 Å². The number of fused-ring (bicyclic) bond motifs is 1. The van der Waals surface area contributed by atoms with Gasteiger partial charge in [0.1, 0.15) is 17.5 Å². The molecule has 0 saturated carbocycles. The number of benzene rings is 1. The normalized spacial score (nSPS) is 15.1. The Kier molecular flexibility index (Phi) is 5.43. The summed E-state index contributed by atoms with van der Waals surface area (Å²) in [4.78, 5) is 18.3. The number of pyridine rings is 1. The van der Waals surface area contributed by atoms with Gasteiger partial charge < -0.3 is 19.4 Å². The Hall–Kier alpha value is -3.02. The molecule has 1 saturated heterocycles. The minimum absolute atomic E-state index is 0.0213. The minimum Gasteiger partial charge on any atom is -0.490 e. The number of carbonyl (C=O) groups is 1.